The van der Waals surface area contributed by atoms with Crippen molar-refractivity contribution in [1.82, 2.24) is 4.90 Å². The second-order valence-corrected chi connectivity index (χ2v) is 8.41. The summed E-state index contributed by atoms with van der Waals surface area (Å²) in [4.78, 5) is 15.9. The zero-order valence-electron chi connectivity index (χ0n) is 15.9. The van der Waals surface area contributed by atoms with Crippen molar-refractivity contribution in [2.45, 2.75) is 62.6 Å². The fourth-order valence-corrected chi connectivity index (χ4v) is 5.47. The molecule has 140 valence electrons. The first-order valence-electron chi connectivity index (χ1n) is 10.3. The molecule has 3 nitrogen and oxygen atoms in total. The van der Waals surface area contributed by atoms with E-state index in [0.29, 0.717) is 12.1 Å². The lowest BCUT2D eigenvalue weighted by Gasteiger charge is -2.36. The Labute approximate surface area is 161 Å². The average molecular weight is 361 g/mol. The maximum atomic E-state index is 13.4. The van der Waals surface area contributed by atoms with Crippen LogP contribution in [0.5, 0.6) is 0 Å². The average Bonchev–Trinajstić information content (AvgIpc) is 2.87. The van der Waals surface area contributed by atoms with Crippen LogP contribution in [-0.4, -0.2) is 36.1 Å². The van der Waals surface area contributed by atoms with Gasteiger partial charge in [0.2, 0.25) is 0 Å². The number of ether oxygens (including phenoxy) is 1. The summed E-state index contributed by atoms with van der Waals surface area (Å²) in [5, 5.41) is 0. The molecule has 3 atom stereocenters. The second kappa shape index (κ2) is 6.79. The van der Waals surface area contributed by atoms with Gasteiger partial charge in [-0.3, -0.25) is 4.79 Å². The molecule has 0 N–H and O–H groups in total. The molecule has 0 radical (unpaired) electrons. The maximum Gasteiger partial charge on any atom is 0.318 e. The lowest BCUT2D eigenvalue weighted by Crippen LogP contribution is -2.43. The van der Waals surface area contributed by atoms with Crippen molar-refractivity contribution in [3.05, 3.63) is 70.8 Å². The summed E-state index contributed by atoms with van der Waals surface area (Å²) in [5.41, 5.74) is 4.81. The van der Waals surface area contributed by atoms with E-state index in [4.69, 9.17) is 4.74 Å². The van der Waals surface area contributed by atoms with Gasteiger partial charge in [0.25, 0.3) is 0 Å². The summed E-state index contributed by atoms with van der Waals surface area (Å²) in [6.45, 7) is 0. The maximum absolute atomic E-state index is 13.4. The Morgan fingerprint density at radius 3 is 1.96 bits per heavy atom. The number of hydrogen-bond acceptors (Lipinski definition) is 3. The molecule has 0 saturated carbocycles. The largest absolute Gasteiger partial charge is 0.462 e. The van der Waals surface area contributed by atoms with Crippen LogP contribution < -0.4 is 0 Å². The molecule has 2 aliphatic heterocycles. The van der Waals surface area contributed by atoms with Gasteiger partial charge in [0, 0.05) is 12.1 Å². The van der Waals surface area contributed by atoms with E-state index in [1.54, 1.807) is 0 Å². The zero-order chi connectivity index (χ0) is 18.4. The van der Waals surface area contributed by atoms with Crippen molar-refractivity contribution in [2.24, 2.45) is 0 Å². The number of rotatable bonds is 2. The Kier molecular flexibility index (Phi) is 4.28. The minimum absolute atomic E-state index is 0.0637. The van der Waals surface area contributed by atoms with Gasteiger partial charge in [0.05, 0.1) is 0 Å². The fraction of sp³-hybridized carbons (Fsp3) is 0.458. The quantitative estimate of drug-likeness (QED) is 0.755. The van der Waals surface area contributed by atoms with Crippen LogP contribution in [0, 0.1) is 0 Å². The molecule has 27 heavy (non-hydrogen) atoms. The standard InChI is InChI=1S/C24H27NO2/c1-25-18-12-13-19(25)15-20(14-18)27-24(26)23-21-8-4-2-6-16(21)10-11-17-7-3-5-9-22(17)23/h2-9,18-20,23H,10-15H2,1H3/t18-,19+,20?. The van der Waals surface area contributed by atoms with Gasteiger partial charge in [-0.15, -0.1) is 0 Å². The molecular formula is C24H27NO2. The van der Waals surface area contributed by atoms with Crippen LogP contribution in [0.2, 0.25) is 0 Å². The van der Waals surface area contributed by atoms with E-state index in [2.05, 4.69) is 48.3 Å². The van der Waals surface area contributed by atoms with Gasteiger partial charge < -0.3 is 9.64 Å². The highest BCUT2D eigenvalue weighted by atomic mass is 16.5. The summed E-state index contributed by atoms with van der Waals surface area (Å²) in [7, 11) is 2.22. The van der Waals surface area contributed by atoms with Crippen LogP contribution in [0.1, 0.15) is 53.9 Å². The first-order chi connectivity index (χ1) is 13.2. The van der Waals surface area contributed by atoms with Crippen LogP contribution in [0.3, 0.4) is 0 Å². The van der Waals surface area contributed by atoms with Crippen LogP contribution in [0.25, 0.3) is 0 Å². The smallest absolute Gasteiger partial charge is 0.318 e. The van der Waals surface area contributed by atoms with Gasteiger partial charge in [-0.25, -0.2) is 0 Å². The Hall–Kier alpha value is -2.13. The van der Waals surface area contributed by atoms with Crippen molar-refractivity contribution >= 4 is 5.97 Å². The molecular weight excluding hydrogens is 334 g/mol. The van der Waals surface area contributed by atoms with E-state index in [1.807, 2.05) is 12.1 Å². The normalized spacial score (nSPS) is 27.5. The number of esters is 1. The molecule has 0 spiro atoms. The summed E-state index contributed by atoms with van der Waals surface area (Å²) in [6, 6.07) is 18.0. The third-order valence-corrected chi connectivity index (χ3v) is 6.97. The molecule has 1 aliphatic carbocycles. The summed E-state index contributed by atoms with van der Waals surface area (Å²) < 4.78 is 6.16. The van der Waals surface area contributed by atoms with Crippen LogP contribution in [-0.2, 0) is 22.4 Å². The van der Waals surface area contributed by atoms with E-state index in [0.717, 1.165) is 36.8 Å². The minimum Gasteiger partial charge on any atom is -0.462 e. The SMILES string of the molecule is CN1[C@@H]2CC[C@H]1CC(OC(=O)C1c3ccccc3CCc3ccccc31)C2. The van der Waals surface area contributed by atoms with Gasteiger partial charge in [-0.2, -0.15) is 0 Å². The third-order valence-electron chi connectivity index (χ3n) is 6.97. The first kappa shape index (κ1) is 17.0. The van der Waals surface area contributed by atoms with Gasteiger partial charge in [-0.05, 0) is 67.8 Å². The lowest BCUT2D eigenvalue weighted by atomic mass is 9.88. The van der Waals surface area contributed by atoms with Crippen molar-refractivity contribution < 1.29 is 9.53 Å². The summed E-state index contributed by atoms with van der Waals surface area (Å²) >= 11 is 0. The van der Waals surface area contributed by atoms with Crippen molar-refractivity contribution in [3.63, 3.8) is 0 Å². The zero-order valence-corrected chi connectivity index (χ0v) is 15.9. The molecule has 2 aromatic rings. The fourth-order valence-electron chi connectivity index (χ4n) is 5.47. The van der Waals surface area contributed by atoms with E-state index < -0.39 is 0 Å². The Morgan fingerprint density at radius 2 is 1.41 bits per heavy atom. The number of carbonyl (C=O) groups excluding carboxylic acids is 1. The van der Waals surface area contributed by atoms with Gasteiger partial charge in [-0.1, -0.05) is 48.5 Å². The summed E-state index contributed by atoms with van der Waals surface area (Å²) in [6.07, 6.45) is 6.47. The van der Waals surface area contributed by atoms with Crippen LogP contribution in [0.4, 0.5) is 0 Å². The Morgan fingerprint density at radius 1 is 0.889 bits per heavy atom. The monoisotopic (exact) mass is 361 g/mol. The lowest BCUT2D eigenvalue weighted by molar-refractivity contribution is -0.153. The highest BCUT2D eigenvalue weighted by Gasteiger charge is 2.41. The van der Waals surface area contributed by atoms with E-state index in [9.17, 15) is 4.79 Å². The summed E-state index contributed by atoms with van der Waals surface area (Å²) in [5.74, 6) is -0.358. The van der Waals surface area contributed by atoms with Gasteiger partial charge >= 0.3 is 5.97 Å². The first-order valence-corrected chi connectivity index (χ1v) is 10.3. The minimum atomic E-state index is -0.294. The van der Waals surface area contributed by atoms with Crippen molar-refractivity contribution in [2.75, 3.05) is 7.05 Å². The predicted octanol–water partition coefficient (Wildman–Crippen LogP) is 4.09. The third kappa shape index (κ3) is 2.98. The van der Waals surface area contributed by atoms with Gasteiger partial charge in [0.1, 0.15) is 12.0 Å². The number of piperidine rings is 1. The molecule has 0 aromatic heterocycles. The molecule has 3 heteroatoms. The van der Waals surface area contributed by atoms with E-state index in [1.165, 1.54) is 24.0 Å². The number of fused-ring (bicyclic) bond motifs is 4. The number of aryl methyl sites for hydroxylation is 2. The molecule has 2 aromatic carbocycles. The molecule has 0 amide bonds. The number of benzene rings is 2. The highest BCUT2D eigenvalue weighted by molar-refractivity contribution is 5.83. The topological polar surface area (TPSA) is 29.5 Å². The molecule has 1 unspecified atom stereocenters. The predicted molar refractivity (Wildman–Crippen MR) is 106 cm³/mol. The number of nitrogens with zero attached hydrogens (tertiary/aromatic N) is 1. The molecule has 2 saturated heterocycles. The van der Waals surface area contributed by atoms with E-state index in [-0.39, 0.29) is 18.0 Å². The molecule has 2 bridgehead atoms. The van der Waals surface area contributed by atoms with Crippen LogP contribution >= 0.6 is 0 Å². The molecule has 2 fully saturated rings. The van der Waals surface area contributed by atoms with Gasteiger partial charge in [0.15, 0.2) is 0 Å². The number of hydrogen-bond donors (Lipinski definition) is 0. The van der Waals surface area contributed by atoms with Crippen molar-refractivity contribution in [1.29, 1.82) is 0 Å². The van der Waals surface area contributed by atoms with E-state index >= 15 is 0 Å². The highest BCUT2D eigenvalue weighted by Crippen LogP contribution is 2.38. The molecule has 5 rings (SSSR count). The van der Waals surface area contributed by atoms with Crippen LogP contribution in [0.15, 0.2) is 48.5 Å². The molecule has 3 aliphatic rings. The Bertz CT molecular complexity index is 799. The second-order valence-electron chi connectivity index (χ2n) is 8.41. The number of carbonyl (C=O) groups is 1. The Balaban J connectivity index is 1.46. The van der Waals surface area contributed by atoms with Crippen molar-refractivity contribution in [3.8, 4) is 0 Å². The molecule has 2 heterocycles.